The zero-order valence-electron chi connectivity index (χ0n) is 10.6. The Bertz CT molecular complexity index is 705. The number of hydrogen-bond donors (Lipinski definition) is 0. The van der Waals surface area contributed by atoms with Crippen LogP contribution in [0.25, 0.3) is 0 Å². The molecule has 0 spiro atoms. The van der Waals surface area contributed by atoms with Crippen molar-refractivity contribution in [3.05, 3.63) is 73.3 Å². The molecular weight excluding hydrogens is 300 g/mol. The average Bonchev–Trinajstić information content (AvgIpc) is 2.46. The first-order valence-electron chi connectivity index (χ1n) is 5.78. The average molecular weight is 309 g/mol. The number of nitro groups is 2. The number of nitrogens with zero attached hydrogens (tertiary/aromatic N) is 2. The Morgan fingerprint density at radius 1 is 1.00 bits per heavy atom. The van der Waals surface area contributed by atoms with Crippen LogP contribution in [0.15, 0.2) is 42.5 Å². The lowest BCUT2D eigenvalue weighted by Gasteiger charge is -2.07. The van der Waals surface area contributed by atoms with Crippen LogP contribution in [0.5, 0.6) is 5.75 Å². The van der Waals surface area contributed by atoms with E-state index in [0.717, 1.165) is 0 Å². The first kappa shape index (κ1) is 14.7. The summed E-state index contributed by atoms with van der Waals surface area (Å²) in [5.41, 5.74) is 0.0885. The summed E-state index contributed by atoms with van der Waals surface area (Å²) in [6, 6.07) is 10.1. The summed E-state index contributed by atoms with van der Waals surface area (Å²) < 4.78 is 5.35. The van der Waals surface area contributed by atoms with Gasteiger partial charge in [-0.05, 0) is 17.7 Å². The molecule has 0 aliphatic rings. The van der Waals surface area contributed by atoms with Crippen LogP contribution < -0.4 is 4.74 Å². The molecule has 2 rings (SSSR count). The van der Waals surface area contributed by atoms with Crippen LogP contribution in [0, 0.1) is 20.2 Å². The SMILES string of the molecule is O=[N+]([O-])c1cc(COc2ccccc2[N+](=O)[O-])ccc1Cl. The molecule has 0 amide bonds. The summed E-state index contributed by atoms with van der Waals surface area (Å²) in [7, 11) is 0. The molecule has 0 radical (unpaired) electrons. The Balaban J connectivity index is 2.19. The molecule has 0 aliphatic heterocycles. The van der Waals surface area contributed by atoms with Crippen LogP contribution in [-0.2, 0) is 6.61 Å². The fraction of sp³-hybridized carbons (Fsp3) is 0.0769. The van der Waals surface area contributed by atoms with Crippen molar-refractivity contribution in [3.63, 3.8) is 0 Å². The molecule has 0 fully saturated rings. The number of nitro benzene ring substituents is 2. The molecule has 8 heteroatoms. The number of para-hydroxylation sites is 2. The Labute approximate surface area is 124 Å². The third kappa shape index (κ3) is 3.46. The quantitative estimate of drug-likeness (QED) is 0.619. The van der Waals surface area contributed by atoms with Gasteiger partial charge in [-0.2, -0.15) is 0 Å². The molecule has 2 aromatic rings. The van der Waals surface area contributed by atoms with Crippen LogP contribution >= 0.6 is 11.6 Å². The van der Waals surface area contributed by atoms with E-state index in [2.05, 4.69) is 0 Å². The summed E-state index contributed by atoms with van der Waals surface area (Å²) in [6.07, 6.45) is 0. The van der Waals surface area contributed by atoms with Gasteiger partial charge in [-0.15, -0.1) is 0 Å². The normalized spacial score (nSPS) is 10.1. The van der Waals surface area contributed by atoms with E-state index < -0.39 is 9.85 Å². The van der Waals surface area contributed by atoms with E-state index in [1.165, 1.54) is 30.3 Å². The lowest BCUT2D eigenvalue weighted by Crippen LogP contribution is -2.00. The molecular formula is C13H9ClN2O5. The van der Waals surface area contributed by atoms with Gasteiger partial charge in [-0.3, -0.25) is 20.2 Å². The minimum atomic E-state index is -0.600. The van der Waals surface area contributed by atoms with Gasteiger partial charge < -0.3 is 4.74 Å². The third-order valence-electron chi connectivity index (χ3n) is 2.66. The maximum Gasteiger partial charge on any atom is 0.310 e. The monoisotopic (exact) mass is 308 g/mol. The predicted molar refractivity (Wildman–Crippen MR) is 75.5 cm³/mol. The molecule has 0 aliphatic carbocycles. The maximum absolute atomic E-state index is 10.8. The van der Waals surface area contributed by atoms with Gasteiger partial charge in [0.1, 0.15) is 11.6 Å². The predicted octanol–water partition coefficient (Wildman–Crippen LogP) is 3.74. The van der Waals surface area contributed by atoms with E-state index in [9.17, 15) is 20.2 Å². The summed E-state index contributed by atoms with van der Waals surface area (Å²) in [6.45, 7) is -0.0388. The molecule has 0 heterocycles. The molecule has 0 saturated heterocycles. The second kappa shape index (κ2) is 6.19. The summed E-state index contributed by atoms with van der Waals surface area (Å²) >= 11 is 5.70. The number of benzene rings is 2. The van der Waals surface area contributed by atoms with Gasteiger partial charge in [-0.1, -0.05) is 29.8 Å². The van der Waals surface area contributed by atoms with E-state index in [1.54, 1.807) is 12.1 Å². The lowest BCUT2D eigenvalue weighted by molar-refractivity contribution is -0.386. The highest BCUT2D eigenvalue weighted by atomic mass is 35.5. The van der Waals surface area contributed by atoms with Crippen molar-refractivity contribution in [3.8, 4) is 5.75 Å². The van der Waals surface area contributed by atoms with E-state index >= 15 is 0 Å². The standard InChI is InChI=1S/C13H9ClN2O5/c14-10-6-5-9(7-12(10)16(19)20)8-21-13-4-2-1-3-11(13)15(17)18/h1-7H,8H2. The molecule has 0 atom stereocenters. The van der Waals surface area contributed by atoms with Crippen molar-refractivity contribution < 1.29 is 14.6 Å². The highest BCUT2D eigenvalue weighted by Crippen LogP contribution is 2.28. The second-order valence-electron chi connectivity index (χ2n) is 4.06. The van der Waals surface area contributed by atoms with E-state index in [0.29, 0.717) is 5.56 Å². The van der Waals surface area contributed by atoms with Gasteiger partial charge in [0, 0.05) is 12.1 Å². The smallest absolute Gasteiger partial charge is 0.310 e. The number of rotatable bonds is 5. The first-order valence-corrected chi connectivity index (χ1v) is 6.16. The van der Waals surface area contributed by atoms with Crippen LogP contribution in [0.2, 0.25) is 5.02 Å². The fourth-order valence-corrected chi connectivity index (χ4v) is 1.87. The molecule has 21 heavy (non-hydrogen) atoms. The highest BCUT2D eigenvalue weighted by Gasteiger charge is 2.16. The molecule has 0 saturated carbocycles. The maximum atomic E-state index is 10.8. The van der Waals surface area contributed by atoms with Gasteiger partial charge in [0.25, 0.3) is 5.69 Å². The molecule has 2 aromatic carbocycles. The zero-order valence-corrected chi connectivity index (χ0v) is 11.3. The van der Waals surface area contributed by atoms with Crippen molar-refractivity contribution in [2.24, 2.45) is 0 Å². The van der Waals surface area contributed by atoms with Crippen molar-refractivity contribution in [1.82, 2.24) is 0 Å². The number of halogens is 1. The van der Waals surface area contributed by atoms with Gasteiger partial charge in [-0.25, -0.2) is 0 Å². The first-order chi connectivity index (χ1) is 9.99. The van der Waals surface area contributed by atoms with Gasteiger partial charge in [0.2, 0.25) is 0 Å². The van der Waals surface area contributed by atoms with E-state index in [-0.39, 0.29) is 28.8 Å². The molecule has 0 N–H and O–H groups in total. The van der Waals surface area contributed by atoms with Gasteiger partial charge in [0.15, 0.2) is 5.75 Å². The number of hydrogen-bond acceptors (Lipinski definition) is 5. The minimum Gasteiger partial charge on any atom is -0.482 e. The van der Waals surface area contributed by atoms with Gasteiger partial charge >= 0.3 is 5.69 Å². The van der Waals surface area contributed by atoms with Crippen molar-refractivity contribution in [2.75, 3.05) is 0 Å². The third-order valence-corrected chi connectivity index (χ3v) is 2.98. The second-order valence-corrected chi connectivity index (χ2v) is 4.46. The van der Waals surface area contributed by atoms with Gasteiger partial charge in [0.05, 0.1) is 9.85 Å². The number of ether oxygens (including phenoxy) is 1. The summed E-state index contributed by atoms with van der Waals surface area (Å²) in [5.74, 6) is 0.0973. The van der Waals surface area contributed by atoms with Crippen LogP contribution in [0.3, 0.4) is 0 Å². The molecule has 0 aromatic heterocycles. The topological polar surface area (TPSA) is 95.5 Å². The van der Waals surface area contributed by atoms with Crippen molar-refractivity contribution in [1.29, 1.82) is 0 Å². The van der Waals surface area contributed by atoms with Crippen LogP contribution in [0.1, 0.15) is 5.56 Å². The Hall–Kier alpha value is -2.67. The molecule has 0 bridgehead atoms. The zero-order chi connectivity index (χ0) is 15.4. The van der Waals surface area contributed by atoms with Crippen LogP contribution in [0.4, 0.5) is 11.4 Å². The fourth-order valence-electron chi connectivity index (χ4n) is 1.68. The van der Waals surface area contributed by atoms with Crippen molar-refractivity contribution in [2.45, 2.75) is 6.61 Å². The van der Waals surface area contributed by atoms with Crippen molar-refractivity contribution >= 4 is 23.0 Å². The minimum absolute atomic E-state index is 0.0226. The van der Waals surface area contributed by atoms with Crippen LogP contribution in [-0.4, -0.2) is 9.85 Å². The van der Waals surface area contributed by atoms with E-state index in [4.69, 9.17) is 16.3 Å². The Kier molecular flexibility index (Phi) is 4.34. The largest absolute Gasteiger partial charge is 0.482 e. The summed E-state index contributed by atoms with van der Waals surface area (Å²) in [5, 5.41) is 21.6. The Morgan fingerprint density at radius 3 is 2.33 bits per heavy atom. The molecule has 0 unspecified atom stereocenters. The molecule has 108 valence electrons. The summed E-state index contributed by atoms with van der Waals surface area (Å²) in [4.78, 5) is 20.5. The molecule has 7 nitrogen and oxygen atoms in total. The van der Waals surface area contributed by atoms with E-state index in [1.807, 2.05) is 0 Å². The highest BCUT2D eigenvalue weighted by molar-refractivity contribution is 6.32. The lowest BCUT2D eigenvalue weighted by atomic mass is 10.2. The Morgan fingerprint density at radius 2 is 1.67 bits per heavy atom.